The number of fused-ring (bicyclic) bond motifs is 1. The predicted molar refractivity (Wildman–Crippen MR) is 122 cm³/mol. The maximum atomic E-state index is 11.9. The number of pyridine rings is 1. The number of para-hydroxylation sites is 1. The normalized spacial score (nSPS) is 16.1. The van der Waals surface area contributed by atoms with Crippen LogP contribution in [0.15, 0.2) is 59.8 Å². The van der Waals surface area contributed by atoms with Crippen LogP contribution in [0, 0.1) is 6.92 Å². The number of cyclic esters (lactones) is 1. The van der Waals surface area contributed by atoms with E-state index in [9.17, 15) is 4.79 Å². The van der Waals surface area contributed by atoms with Gasteiger partial charge in [-0.1, -0.05) is 59.8 Å². The Labute approximate surface area is 184 Å². The molecule has 0 unspecified atom stereocenters. The topological polar surface area (TPSA) is 69.9 Å². The maximum Gasteiger partial charge on any atom is 0.319 e. The minimum Gasteiger partial charge on any atom is -0.465 e. The first-order chi connectivity index (χ1) is 15.1. The highest BCUT2D eigenvalue weighted by Gasteiger charge is 2.30. The monoisotopic (exact) mass is 430 g/mol. The molecule has 0 aliphatic carbocycles. The Balaban J connectivity index is 1.64. The molecular formula is C24H22N4O2S. The van der Waals surface area contributed by atoms with E-state index in [2.05, 4.69) is 65.0 Å². The molecule has 2 aromatic carbocycles. The lowest BCUT2D eigenvalue weighted by atomic mass is 10.0. The van der Waals surface area contributed by atoms with Gasteiger partial charge in [0.2, 0.25) is 0 Å². The third-order valence-electron chi connectivity index (χ3n) is 5.47. The molecule has 0 radical (unpaired) electrons. The number of rotatable bonds is 5. The highest BCUT2D eigenvalue weighted by Crippen LogP contribution is 2.35. The van der Waals surface area contributed by atoms with Crippen molar-refractivity contribution in [1.82, 2.24) is 19.7 Å². The number of ether oxygens (including phenoxy) is 1. The molecule has 5 rings (SSSR count). The predicted octanol–water partition coefficient (Wildman–Crippen LogP) is 4.90. The molecule has 7 heteroatoms. The van der Waals surface area contributed by atoms with Crippen LogP contribution in [0.1, 0.15) is 18.9 Å². The lowest BCUT2D eigenvalue weighted by Crippen LogP contribution is -2.11. The molecule has 0 spiro atoms. The van der Waals surface area contributed by atoms with Crippen LogP contribution in [0.5, 0.6) is 0 Å². The van der Waals surface area contributed by atoms with Crippen LogP contribution in [0.3, 0.4) is 0 Å². The van der Waals surface area contributed by atoms with Crippen molar-refractivity contribution in [2.75, 3.05) is 6.61 Å². The average molecular weight is 431 g/mol. The zero-order chi connectivity index (χ0) is 21.4. The van der Waals surface area contributed by atoms with Crippen molar-refractivity contribution in [3.05, 3.63) is 60.2 Å². The largest absolute Gasteiger partial charge is 0.465 e. The summed E-state index contributed by atoms with van der Waals surface area (Å²) in [5, 5.41) is 10.5. The van der Waals surface area contributed by atoms with Crippen molar-refractivity contribution < 1.29 is 9.53 Å². The Hall–Kier alpha value is -3.19. The zero-order valence-corrected chi connectivity index (χ0v) is 18.2. The summed E-state index contributed by atoms with van der Waals surface area (Å²) in [6.45, 7) is 5.31. The fraction of sp³-hybridized carbons (Fsp3) is 0.250. The molecule has 1 aliphatic rings. The molecule has 4 aromatic rings. The van der Waals surface area contributed by atoms with E-state index in [1.807, 2.05) is 18.2 Å². The highest BCUT2D eigenvalue weighted by molar-refractivity contribution is 8.00. The fourth-order valence-corrected chi connectivity index (χ4v) is 4.87. The van der Waals surface area contributed by atoms with Crippen LogP contribution < -0.4 is 0 Å². The number of aryl methyl sites for hydroxylation is 1. The van der Waals surface area contributed by atoms with Gasteiger partial charge in [0.1, 0.15) is 5.25 Å². The van der Waals surface area contributed by atoms with Gasteiger partial charge in [-0.05, 0) is 26.0 Å². The van der Waals surface area contributed by atoms with Crippen LogP contribution in [0.25, 0.3) is 33.5 Å². The summed E-state index contributed by atoms with van der Waals surface area (Å²) in [5.74, 6) is 0.608. The minimum atomic E-state index is -0.223. The first kappa shape index (κ1) is 19.8. The Kier molecular flexibility index (Phi) is 5.19. The van der Waals surface area contributed by atoms with Gasteiger partial charge in [-0.2, -0.15) is 0 Å². The van der Waals surface area contributed by atoms with E-state index in [1.54, 1.807) is 0 Å². The molecular weight excluding hydrogens is 408 g/mol. The highest BCUT2D eigenvalue weighted by atomic mass is 32.2. The van der Waals surface area contributed by atoms with E-state index in [0.717, 1.165) is 38.7 Å². The standard InChI is InChI=1S/C24H22N4O2S/c1-3-28-22(26-27-24(28)31-21-12-13-30-23(21)29)18-14-20(16-10-8-15(2)9-11-16)25-19-7-5-4-6-17(18)19/h4-11,14,21H,3,12-13H2,1-2H3/t21-/m0/s1. The molecule has 31 heavy (non-hydrogen) atoms. The van der Waals surface area contributed by atoms with Gasteiger partial charge in [0.05, 0.1) is 17.8 Å². The van der Waals surface area contributed by atoms with Crippen LogP contribution in [0.4, 0.5) is 0 Å². The minimum absolute atomic E-state index is 0.173. The summed E-state index contributed by atoms with van der Waals surface area (Å²) >= 11 is 1.43. The average Bonchev–Trinajstić information content (AvgIpc) is 3.39. The number of hydrogen-bond acceptors (Lipinski definition) is 6. The van der Waals surface area contributed by atoms with Crippen molar-refractivity contribution in [1.29, 1.82) is 0 Å². The van der Waals surface area contributed by atoms with Crippen LogP contribution in [0.2, 0.25) is 0 Å². The number of nitrogens with zero attached hydrogens (tertiary/aromatic N) is 4. The van der Waals surface area contributed by atoms with E-state index in [-0.39, 0.29) is 11.2 Å². The number of benzene rings is 2. The Morgan fingerprint density at radius 2 is 1.94 bits per heavy atom. The number of aromatic nitrogens is 4. The summed E-state index contributed by atoms with van der Waals surface area (Å²) < 4.78 is 7.17. The van der Waals surface area contributed by atoms with Crippen LogP contribution in [-0.4, -0.2) is 37.6 Å². The Bertz CT molecular complexity index is 1270. The summed E-state index contributed by atoms with van der Waals surface area (Å²) in [6, 6.07) is 18.5. The Morgan fingerprint density at radius 1 is 1.13 bits per heavy atom. The van der Waals surface area contributed by atoms with E-state index >= 15 is 0 Å². The second kappa shape index (κ2) is 8.15. The molecule has 1 aliphatic heterocycles. The van der Waals surface area contributed by atoms with Crippen LogP contribution >= 0.6 is 11.8 Å². The number of esters is 1. The van der Waals surface area contributed by atoms with Gasteiger partial charge in [0, 0.05) is 29.5 Å². The molecule has 1 atom stereocenters. The van der Waals surface area contributed by atoms with Crippen molar-refractivity contribution in [2.24, 2.45) is 0 Å². The number of carbonyl (C=O) groups is 1. The fourth-order valence-electron chi connectivity index (χ4n) is 3.80. The van der Waals surface area contributed by atoms with E-state index in [4.69, 9.17) is 9.72 Å². The molecule has 1 saturated heterocycles. The van der Waals surface area contributed by atoms with Gasteiger partial charge in [0.15, 0.2) is 11.0 Å². The quantitative estimate of drug-likeness (QED) is 0.420. The number of carbonyl (C=O) groups excluding carboxylic acids is 1. The molecule has 0 N–H and O–H groups in total. The van der Waals surface area contributed by atoms with Gasteiger partial charge >= 0.3 is 5.97 Å². The van der Waals surface area contributed by atoms with E-state index in [0.29, 0.717) is 19.6 Å². The molecule has 0 bridgehead atoms. The van der Waals surface area contributed by atoms with Crippen molar-refractivity contribution in [3.63, 3.8) is 0 Å². The molecule has 156 valence electrons. The van der Waals surface area contributed by atoms with Gasteiger partial charge < -0.3 is 9.30 Å². The van der Waals surface area contributed by atoms with Gasteiger partial charge in [-0.15, -0.1) is 10.2 Å². The molecule has 3 heterocycles. The number of thioether (sulfide) groups is 1. The van der Waals surface area contributed by atoms with Gasteiger partial charge in [-0.25, -0.2) is 4.98 Å². The lowest BCUT2D eigenvalue weighted by Gasteiger charge is -2.12. The molecule has 0 amide bonds. The van der Waals surface area contributed by atoms with Crippen molar-refractivity contribution in [2.45, 2.75) is 37.2 Å². The van der Waals surface area contributed by atoms with E-state index < -0.39 is 0 Å². The first-order valence-electron chi connectivity index (χ1n) is 10.4. The van der Waals surface area contributed by atoms with Gasteiger partial charge in [-0.3, -0.25) is 4.79 Å². The van der Waals surface area contributed by atoms with Gasteiger partial charge in [0.25, 0.3) is 0 Å². The molecule has 0 saturated carbocycles. The zero-order valence-electron chi connectivity index (χ0n) is 17.4. The third-order valence-corrected chi connectivity index (χ3v) is 6.70. The molecule has 1 fully saturated rings. The summed E-state index contributed by atoms with van der Waals surface area (Å²) in [7, 11) is 0. The summed E-state index contributed by atoms with van der Waals surface area (Å²) in [4.78, 5) is 16.8. The SMILES string of the molecule is CCn1c(S[C@H]2CCOC2=O)nnc1-c1cc(-c2ccc(C)cc2)nc2ccccc12. The number of hydrogen-bond donors (Lipinski definition) is 0. The second-order valence-corrected chi connectivity index (χ2v) is 8.72. The summed E-state index contributed by atoms with van der Waals surface area (Å²) in [6.07, 6.45) is 0.700. The summed E-state index contributed by atoms with van der Waals surface area (Å²) in [5.41, 5.74) is 5.06. The lowest BCUT2D eigenvalue weighted by molar-refractivity contribution is -0.137. The van der Waals surface area contributed by atoms with Crippen LogP contribution in [-0.2, 0) is 16.1 Å². The second-order valence-electron chi connectivity index (χ2n) is 7.55. The maximum absolute atomic E-state index is 11.9. The smallest absolute Gasteiger partial charge is 0.319 e. The van der Waals surface area contributed by atoms with Crippen molar-refractivity contribution >= 4 is 28.6 Å². The van der Waals surface area contributed by atoms with Crippen molar-refractivity contribution in [3.8, 4) is 22.6 Å². The van der Waals surface area contributed by atoms with E-state index in [1.165, 1.54) is 17.3 Å². The molecule has 6 nitrogen and oxygen atoms in total. The first-order valence-corrected chi connectivity index (χ1v) is 11.3. The third kappa shape index (κ3) is 3.70. The Morgan fingerprint density at radius 3 is 2.68 bits per heavy atom. The molecule has 2 aromatic heterocycles.